The fraction of sp³-hybridized carbons (Fsp3) is 0.714. The van der Waals surface area contributed by atoms with E-state index < -0.39 is 0 Å². The second-order valence-electron chi connectivity index (χ2n) is 8.48. The highest BCUT2D eigenvalue weighted by atomic mass is 16.5. The molecule has 6 atom stereocenters. The number of esters is 1. The average Bonchev–Trinajstić information content (AvgIpc) is 2.84. The van der Waals surface area contributed by atoms with Gasteiger partial charge in [-0.1, -0.05) is 13.0 Å². The van der Waals surface area contributed by atoms with Gasteiger partial charge in [0.1, 0.15) is 11.9 Å². The first-order valence-corrected chi connectivity index (χ1v) is 9.59. The molecule has 4 nitrogen and oxygen atoms in total. The number of carbonyl (C=O) groups excluding carboxylic acids is 2. The molecule has 0 aromatic rings. The molecule has 0 aromatic heterocycles. The summed E-state index contributed by atoms with van der Waals surface area (Å²) in [6, 6.07) is 0. The summed E-state index contributed by atoms with van der Waals surface area (Å²) in [6.07, 6.45) is 9.89. The molecule has 0 aliphatic heterocycles. The van der Waals surface area contributed by atoms with Gasteiger partial charge in [-0.3, -0.25) is 9.59 Å². The summed E-state index contributed by atoms with van der Waals surface area (Å²) in [4.78, 5) is 24.3. The molecular formula is C21H28O4. The van der Waals surface area contributed by atoms with Gasteiger partial charge in [-0.2, -0.15) is 0 Å². The van der Waals surface area contributed by atoms with E-state index in [1.165, 1.54) is 12.5 Å². The Morgan fingerprint density at radius 3 is 2.80 bits per heavy atom. The number of rotatable bonds is 2. The molecule has 25 heavy (non-hydrogen) atoms. The Morgan fingerprint density at radius 1 is 1.28 bits per heavy atom. The lowest BCUT2D eigenvalue weighted by molar-refractivity contribution is -0.153. The zero-order chi connectivity index (χ0) is 17.8. The van der Waals surface area contributed by atoms with Crippen LogP contribution in [0.25, 0.3) is 0 Å². The Morgan fingerprint density at radius 2 is 2.08 bits per heavy atom. The van der Waals surface area contributed by atoms with Crippen LogP contribution in [0.15, 0.2) is 23.5 Å². The molecular weight excluding hydrogens is 316 g/mol. The lowest BCUT2D eigenvalue weighted by atomic mass is 9.53. The molecule has 4 heteroatoms. The van der Waals surface area contributed by atoms with Crippen LogP contribution in [0.4, 0.5) is 0 Å². The van der Waals surface area contributed by atoms with Gasteiger partial charge in [-0.15, -0.1) is 0 Å². The number of Topliss-reactive ketones (excluding diaryl/α,β-unsaturated/α-hetero) is 1. The average molecular weight is 344 g/mol. The van der Waals surface area contributed by atoms with E-state index >= 15 is 0 Å². The van der Waals surface area contributed by atoms with Gasteiger partial charge >= 0.3 is 5.97 Å². The highest BCUT2D eigenvalue weighted by Gasteiger charge is 2.60. The number of carbonyl (C=O) groups is 2. The van der Waals surface area contributed by atoms with E-state index in [4.69, 9.17) is 9.47 Å². The third kappa shape index (κ3) is 2.56. The van der Waals surface area contributed by atoms with E-state index in [0.29, 0.717) is 30.0 Å². The van der Waals surface area contributed by atoms with Crippen molar-refractivity contribution < 1.29 is 19.1 Å². The van der Waals surface area contributed by atoms with E-state index in [1.807, 2.05) is 0 Å². The van der Waals surface area contributed by atoms with Crippen molar-refractivity contribution in [3.8, 4) is 0 Å². The largest absolute Gasteiger partial charge is 0.501 e. The molecule has 4 aliphatic rings. The third-order valence-corrected chi connectivity index (χ3v) is 7.35. The summed E-state index contributed by atoms with van der Waals surface area (Å²) in [5.74, 6) is 2.89. The van der Waals surface area contributed by atoms with Crippen LogP contribution < -0.4 is 0 Å². The van der Waals surface area contributed by atoms with Gasteiger partial charge in [0.15, 0.2) is 0 Å². The summed E-state index contributed by atoms with van der Waals surface area (Å²) >= 11 is 0. The fourth-order valence-corrected chi connectivity index (χ4v) is 6.22. The molecule has 0 N–H and O–H groups in total. The van der Waals surface area contributed by atoms with Gasteiger partial charge in [0.2, 0.25) is 0 Å². The third-order valence-electron chi connectivity index (χ3n) is 7.35. The van der Waals surface area contributed by atoms with Crippen molar-refractivity contribution in [3.63, 3.8) is 0 Å². The van der Waals surface area contributed by atoms with Gasteiger partial charge in [0.05, 0.1) is 12.9 Å². The Hall–Kier alpha value is -1.58. The van der Waals surface area contributed by atoms with Crippen LogP contribution >= 0.6 is 0 Å². The smallest absolute Gasteiger partial charge is 0.302 e. The molecule has 0 radical (unpaired) electrons. The van der Waals surface area contributed by atoms with Gasteiger partial charge in [0, 0.05) is 31.1 Å². The van der Waals surface area contributed by atoms with Crippen molar-refractivity contribution >= 4 is 11.8 Å². The summed E-state index contributed by atoms with van der Waals surface area (Å²) in [5, 5.41) is 0. The maximum Gasteiger partial charge on any atom is 0.302 e. The maximum atomic E-state index is 12.7. The predicted molar refractivity (Wildman–Crippen MR) is 93.5 cm³/mol. The Bertz CT molecular complexity index is 661. The number of ketones is 1. The standard InChI is InChI=1S/C21H28O4/c1-12(22)25-18-11-19(23)21(2)9-8-16-15-7-5-14(24-3)10-13(15)4-6-17(16)20(18)21/h4,10,15-18,20H,5-9,11H2,1-3H3/t15-,16+,17+,18-,20+,21+/m0/s1. The zero-order valence-electron chi connectivity index (χ0n) is 15.4. The van der Waals surface area contributed by atoms with Gasteiger partial charge < -0.3 is 9.47 Å². The van der Waals surface area contributed by atoms with Crippen LogP contribution in [0.5, 0.6) is 0 Å². The molecule has 0 heterocycles. The zero-order valence-corrected chi connectivity index (χ0v) is 15.4. The number of ether oxygens (including phenoxy) is 2. The maximum absolute atomic E-state index is 12.7. The Kier molecular flexibility index (Phi) is 4.04. The lowest BCUT2D eigenvalue weighted by Gasteiger charge is -2.51. The summed E-state index contributed by atoms with van der Waals surface area (Å²) in [5.41, 5.74) is 1.11. The SMILES string of the molecule is COC1=CC2=CC[C@@H]3[C@H](CC[C@]4(C)C(=O)C[C@H](OC(C)=O)[C@@H]34)[C@H]2CC1. The normalized spacial score (nSPS) is 42.5. The minimum Gasteiger partial charge on any atom is -0.501 e. The van der Waals surface area contributed by atoms with Crippen LogP contribution in [-0.2, 0) is 19.1 Å². The van der Waals surface area contributed by atoms with Gasteiger partial charge in [-0.05, 0) is 55.1 Å². The summed E-state index contributed by atoms with van der Waals surface area (Å²) < 4.78 is 11.1. The first-order chi connectivity index (χ1) is 11.9. The van der Waals surface area contributed by atoms with E-state index in [-0.39, 0.29) is 23.4 Å². The number of hydrogen-bond acceptors (Lipinski definition) is 4. The van der Waals surface area contributed by atoms with Gasteiger partial charge in [0.25, 0.3) is 0 Å². The van der Waals surface area contributed by atoms with Crippen LogP contribution in [0.3, 0.4) is 0 Å². The van der Waals surface area contributed by atoms with Crippen LogP contribution in [-0.4, -0.2) is 25.0 Å². The molecule has 0 aromatic carbocycles. The second kappa shape index (κ2) is 6.00. The Labute approximate surface area is 149 Å². The molecule has 4 rings (SSSR count). The van der Waals surface area contributed by atoms with Crippen molar-refractivity contribution in [2.45, 2.75) is 58.5 Å². The van der Waals surface area contributed by atoms with Crippen molar-refractivity contribution in [3.05, 3.63) is 23.5 Å². The lowest BCUT2D eigenvalue weighted by Crippen LogP contribution is -2.48. The van der Waals surface area contributed by atoms with E-state index in [1.54, 1.807) is 7.11 Å². The van der Waals surface area contributed by atoms with Crippen molar-refractivity contribution in [2.24, 2.45) is 29.1 Å². The summed E-state index contributed by atoms with van der Waals surface area (Å²) in [7, 11) is 1.75. The topological polar surface area (TPSA) is 52.6 Å². The van der Waals surface area contributed by atoms with Crippen molar-refractivity contribution in [1.82, 2.24) is 0 Å². The molecule has 4 aliphatic carbocycles. The molecule has 0 saturated heterocycles. The molecule has 2 fully saturated rings. The number of fused-ring (bicyclic) bond motifs is 5. The molecule has 0 spiro atoms. The fourth-order valence-electron chi connectivity index (χ4n) is 6.22. The number of hydrogen-bond donors (Lipinski definition) is 0. The van der Waals surface area contributed by atoms with Crippen LogP contribution in [0.2, 0.25) is 0 Å². The number of methoxy groups -OCH3 is 1. The summed E-state index contributed by atoms with van der Waals surface area (Å²) in [6.45, 7) is 3.57. The molecule has 0 amide bonds. The molecule has 2 saturated carbocycles. The first kappa shape index (κ1) is 16.9. The predicted octanol–water partition coefficient (Wildman–Crippen LogP) is 3.81. The highest BCUT2D eigenvalue weighted by Crippen LogP contribution is 2.60. The van der Waals surface area contributed by atoms with E-state index in [9.17, 15) is 9.59 Å². The van der Waals surface area contributed by atoms with E-state index in [2.05, 4.69) is 19.1 Å². The second-order valence-corrected chi connectivity index (χ2v) is 8.48. The van der Waals surface area contributed by atoms with Crippen LogP contribution in [0, 0.1) is 29.1 Å². The quantitative estimate of drug-likeness (QED) is 0.715. The van der Waals surface area contributed by atoms with Crippen molar-refractivity contribution in [2.75, 3.05) is 7.11 Å². The van der Waals surface area contributed by atoms with Crippen molar-refractivity contribution in [1.29, 1.82) is 0 Å². The monoisotopic (exact) mass is 344 g/mol. The molecule has 0 bridgehead atoms. The number of allylic oxidation sites excluding steroid dienone is 4. The van der Waals surface area contributed by atoms with E-state index in [0.717, 1.165) is 37.9 Å². The molecule has 0 unspecified atom stereocenters. The first-order valence-electron chi connectivity index (χ1n) is 9.59. The molecule has 136 valence electrons. The minimum atomic E-state index is -0.311. The Balaban J connectivity index is 1.66. The van der Waals surface area contributed by atoms with Gasteiger partial charge in [-0.25, -0.2) is 0 Å². The minimum absolute atomic E-state index is 0.174. The highest BCUT2D eigenvalue weighted by molar-refractivity contribution is 5.88. The van der Waals surface area contributed by atoms with Crippen LogP contribution in [0.1, 0.15) is 52.4 Å².